The van der Waals surface area contributed by atoms with Crippen molar-refractivity contribution in [2.75, 3.05) is 18.9 Å². The van der Waals surface area contributed by atoms with Gasteiger partial charge < -0.3 is 10.2 Å². The van der Waals surface area contributed by atoms with Crippen LogP contribution in [0.1, 0.15) is 10.4 Å². The molecule has 0 aliphatic heterocycles. The first-order valence-electron chi connectivity index (χ1n) is 9.00. The number of rotatable bonds is 6. The van der Waals surface area contributed by atoms with Gasteiger partial charge in [0.05, 0.1) is 6.54 Å². The van der Waals surface area contributed by atoms with E-state index in [-0.39, 0.29) is 18.4 Å². The third kappa shape index (κ3) is 5.68. The summed E-state index contributed by atoms with van der Waals surface area (Å²) in [5, 5.41) is 2.75. The quantitative estimate of drug-likeness (QED) is 0.489. The molecule has 0 radical (unpaired) electrons. The van der Waals surface area contributed by atoms with E-state index in [9.17, 15) is 9.59 Å². The molecule has 1 N–H and O–H groups in total. The zero-order valence-corrected chi connectivity index (χ0v) is 16.8. The molecular weight excluding hydrogens is 380 g/mol. The van der Waals surface area contributed by atoms with E-state index in [0.717, 1.165) is 15.3 Å². The molecule has 1 aromatic heterocycles. The summed E-state index contributed by atoms with van der Waals surface area (Å²) in [6.07, 6.45) is 8.61. The molecule has 0 saturated heterocycles. The van der Waals surface area contributed by atoms with Gasteiger partial charge in [-0.3, -0.25) is 9.59 Å². The third-order valence-corrected chi connectivity index (χ3v) is 5.24. The van der Waals surface area contributed by atoms with E-state index in [1.165, 1.54) is 11.0 Å². The first kappa shape index (κ1) is 20.1. The number of nitrogens with zero attached hydrogens (tertiary/aromatic N) is 1. The molecule has 3 rings (SSSR count). The third-order valence-electron chi connectivity index (χ3n) is 4.15. The van der Waals surface area contributed by atoms with Gasteiger partial charge in [-0.2, -0.15) is 0 Å². The molecule has 4 nitrogen and oxygen atoms in total. The van der Waals surface area contributed by atoms with Crippen molar-refractivity contribution in [1.29, 1.82) is 0 Å². The van der Waals surface area contributed by atoms with Crippen LogP contribution in [0.15, 0.2) is 72.8 Å². The van der Waals surface area contributed by atoms with E-state index in [2.05, 4.69) is 23.4 Å². The van der Waals surface area contributed by atoms with Crippen LogP contribution in [0.4, 0.5) is 5.69 Å². The van der Waals surface area contributed by atoms with Crippen molar-refractivity contribution in [3.8, 4) is 22.8 Å². The van der Waals surface area contributed by atoms with Crippen molar-refractivity contribution in [3.05, 3.63) is 83.2 Å². The summed E-state index contributed by atoms with van der Waals surface area (Å²) in [7, 11) is 1.59. The highest BCUT2D eigenvalue weighted by atomic mass is 32.1. The highest BCUT2D eigenvalue weighted by Gasteiger charge is 2.11. The van der Waals surface area contributed by atoms with Gasteiger partial charge in [0.1, 0.15) is 0 Å². The Morgan fingerprint density at radius 1 is 1.10 bits per heavy atom. The van der Waals surface area contributed by atoms with Crippen molar-refractivity contribution >= 4 is 34.9 Å². The number of thiophene rings is 1. The number of benzene rings is 2. The average molecular weight is 401 g/mol. The smallest absolute Gasteiger partial charge is 0.246 e. The summed E-state index contributed by atoms with van der Waals surface area (Å²) in [6.45, 7) is -0.0524. The fourth-order valence-corrected chi connectivity index (χ4v) is 3.58. The summed E-state index contributed by atoms with van der Waals surface area (Å²) in [4.78, 5) is 28.0. The Morgan fingerprint density at radius 2 is 1.90 bits per heavy atom. The summed E-state index contributed by atoms with van der Waals surface area (Å²) < 4.78 is 0. The predicted molar refractivity (Wildman–Crippen MR) is 119 cm³/mol. The average Bonchev–Trinajstić information content (AvgIpc) is 3.21. The van der Waals surface area contributed by atoms with Crippen LogP contribution in [0, 0.1) is 12.3 Å². The van der Waals surface area contributed by atoms with Gasteiger partial charge in [-0.15, -0.1) is 17.8 Å². The number of nitrogens with one attached hydrogen (secondary N) is 1. The minimum absolute atomic E-state index is 0.0524. The molecule has 0 bridgehead atoms. The molecule has 144 valence electrons. The number of hydrogen-bond donors (Lipinski definition) is 1. The molecule has 1 heterocycles. The Morgan fingerprint density at radius 3 is 2.66 bits per heavy atom. The Bertz CT molecular complexity index is 1080. The Hall–Kier alpha value is -3.62. The molecule has 0 atom stereocenters. The van der Waals surface area contributed by atoms with Gasteiger partial charge in [-0.05, 0) is 42.0 Å². The van der Waals surface area contributed by atoms with Gasteiger partial charge >= 0.3 is 0 Å². The zero-order valence-electron chi connectivity index (χ0n) is 16.0. The summed E-state index contributed by atoms with van der Waals surface area (Å²) >= 11 is 1.61. The van der Waals surface area contributed by atoms with Crippen molar-refractivity contribution in [3.63, 3.8) is 0 Å². The number of hydrogen-bond acceptors (Lipinski definition) is 3. The normalized spacial score (nSPS) is 10.5. The van der Waals surface area contributed by atoms with Crippen molar-refractivity contribution in [2.45, 2.75) is 0 Å². The van der Waals surface area contributed by atoms with Gasteiger partial charge in [0.2, 0.25) is 11.8 Å². The van der Waals surface area contributed by atoms with Crippen LogP contribution in [0.3, 0.4) is 0 Å². The van der Waals surface area contributed by atoms with E-state index >= 15 is 0 Å². The zero-order chi connectivity index (χ0) is 20.6. The molecule has 5 heteroatoms. The van der Waals surface area contributed by atoms with Gasteiger partial charge in [0.15, 0.2) is 0 Å². The molecule has 2 aromatic carbocycles. The second-order valence-electron chi connectivity index (χ2n) is 6.37. The van der Waals surface area contributed by atoms with Crippen LogP contribution in [-0.4, -0.2) is 30.3 Å². The van der Waals surface area contributed by atoms with Crippen LogP contribution in [0.2, 0.25) is 0 Å². The maximum atomic E-state index is 12.3. The topological polar surface area (TPSA) is 49.4 Å². The Balaban J connectivity index is 1.55. The lowest BCUT2D eigenvalue weighted by Crippen LogP contribution is -2.33. The van der Waals surface area contributed by atoms with Crippen LogP contribution in [0.5, 0.6) is 0 Å². The fraction of sp³-hybridized carbons (Fsp3) is 0.0833. The molecule has 0 unspecified atom stereocenters. The first-order valence-corrected chi connectivity index (χ1v) is 9.82. The number of anilines is 1. The molecule has 3 aromatic rings. The van der Waals surface area contributed by atoms with E-state index in [1.54, 1.807) is 48.7 Å². The molecule has 2 amide bonds. The maximum Gasteiger partial charge on any atom is 0.246 e. The van der Waals surface area contributed by atoms with Gasteiger partial charge in [-0.25, -0.2) is 0 Å². The van der Waals surface area contributed by atoms with Gasteiger partial charge in [-0.1, -0.05) is 42.3 Å². The highest BCUT2D eigenvalue weighted by molar-refractivity contribution is 7.16. The molecule has 0 aliphatic rings. The molecule has 0 spiro atoms. The summed E-state index contributed by atoms with van der Waals surface area (Å²) in [5.74, 6) is 1.99. The number of likely N-dealkylation sites (N-methyl/N-ethyl adjacent to an activating group) is 1. The second-order valence-corrected chi connectivity index (χ2v) is 7.48. The number of carbonyl (C=O) groups excluding carboxylic acids is 2. The summed E-state index contributed by atoms with van der Waals surface area (Å²) in [5.41, 5.74) is 2.43. The van der Waals surface area contributed by atoms with Crippen LogP contribution < -0.4 is 5.32 Å². The monoisotopic (exact) mass is 400 g/mol. The van der Waals surface area contributed by atoms with E-state index in [0.29, 0.717) is 11.3 Å². The van der Waals surface area contributed by atoms with E-state index < -0.39 is 0 Å². The maximum absolute atomic E-state index is 12.3. The lowest BCUT2D eigenvalue weighted by molar-refractivity contribution is -0.129. The van der Waals surface area contributed by atoms with E-state index in [1.807, 2.05) is 30.3 Å². The SMILES string of the molecule is C#Cc1cccc(NC(=O)CN(C)C(=O)C=Cc2ccc(-c3ccccc3)s2)c1. The van der Waals surface area contributed by atoms with Crippen molar-refractivity contribution in [1.82, 2.24) is 4.90 Å². The first-order chi connectivity index (χ1) is 14.0. The van der Waals surface area contributed by atoms with Crippen molar-refractivity contribution in [2.24, 2.45) is 0 Å². The van der Waals surface area contributed by atoms with Crippen LogP contribution in [-0.2, 0) is 9.59 Å². The van der Waals surface area contributed by atoms with E-state index in [4.69, 9.17) is 6.42 Å². The number of terminal acetylenes is 1. The second kappa shape index (κ2) is 9.54. The summed E-state index contributed by atoms with van der Waals surface area (Å²) in [6, 6.07) is 21.1. The minimum atomic E-state index is -0.286. The van der Waals surface area contributed by atoms with Crippen LogP contribution >= 0.6 is 11.3 Å². The molecule has 0 fully saturated rings. The molecule has 0 saturated carbocycles. The Kier molecular flexibility index (Phi) is 6.62. The van der Waals surface area contributed by atoms with Crippen LogP contribution in [0.25, 0.3) is 16.5 Å². The Labute approximate surface area is 174 Å². The lowest BCUT2D eigenvalue weighted by atomic mass is 10.2. The standard InChI is InChI=1S/C24H20N2O2S/c1-3-18-8-7-11-20(16-18)25-23(27)17-26(2)24(28)15-13-21-12-14-22(29-21)19-9-5-4-6-10-19/h1,4-16H,17H2,2H3,(H,25,27). The fourth-order valence-electron chi connectivity index (χ4n) is 2.66. The lowest BCUT2D eigenvalue weighted by Gasteiger charge is -2.14. The number of amides is 2. The molecule has 0 aliphatic carbocycles. The highest BCUT2D eigenvalue weighted by Crippen LogP contribution is 2.28. The predicted octanol–water partition coefficient (Wildman–Crippen LogP) is 4.51. The van der Waals surface area contributed by atoms with Gasteiger partial charge in [0, 0.05) is 34.1 Å². The largest absolute Gasteiger partial charge is 0.333 e. The van der Waals surface area contributed by atoms with Gasteiger partial charge in [0.25, 0.3) is 0 Å². The number of carbonyl (C=O) groups is 2. The molecule has 29 heavy (non-hydrogen) atoms. The minimum Gasteiger partial charge on any atom is -0.333 e. The van der Waals surface area contributed by atoms with Crippen molar-refractivity contribution < 1.29 is 9.59 Å². The molecular formula is C24H20N2O2S.